The highest BCUT2D eigenvalue weighted by Gasteiger charge is 2.22. The first kappa shape index (κ1) is 16.4. The molecule has 0 saturated carbocycles. The van der Waals surface area contributed by atoms with E-state index in [2.05, 4.69) is 5.32 Å². The number of ether oxygens (including phenoxy) is 1. The first-order valence-electron chi connectivity index (χ1n) is 6.12. The summed E-state index contributed by atoms with van der Waals surface area (Å²) in [6, 6.07) is 6.62. The fourth-order valence-electron chi connectivity index (χ4n) is 1.67. The van der Waals surface area contributed by atoms with Crippen LogP contribution in [0.25, 0.3) is 0 Å². The fraction of sp³-hybridized carbons (Fsp3) is 0.385. The van der Waals surface area contributed by atoms with Crippen molar-refractivity contribution in [3.63, 3.8) is 0 Å². The minimum atomic E-state index is -1.24. The zero-order chi connectivity index (χ0) is 15.1. The van der Waals surface area contributed by atoms with Crippen molar-refractivity contribution in [2.75, 3.05) is 11.9 Å². The van der Waals surface area contributed by atoms with E-state index in [4.69, 9.17) is 22.7 Å². The second-order valence-electron chi connectivity index (χ2n) is 4.14. The van der Waals surface area contributed by atoms with Gasteiger partial charge in [0.25, 0.3) is 0 Å². The van der Waals surface area contributed by atoms with Gasteiger partial charge in [-0.3, -0.25) is 4.79 Å². The Morgan fingerprint density at radius 1 is 1.50 bits per heavy atom. The lowest BCUT2D eigenvalue weighted by atomic mass is 10.0. The van der Waals surface area contributed by atoms with Gasteiger partial charge in [0, 0.05) is 5.69 Å². The molecule has 1 rings (SSSR count). The minimum Gasteiger partial charge on any atom is -0.466 e. The van der Waals surface area contributed by atoms with Gasteiger partial charge in [0.15, 0.2) is 5.11 Å². The number of anilines is 1. The molecule has 0 aliphatic carbocycles. The number of carbonyl (C=O) groups is 1. The highest BCUT2D eigenvalue weighted by molar-refractivity contribution is 7.80. The molecule has 0 heterocycles. The number of thiocarbonyl (C=S) groups is 1. The molecule has 2 atom stereocenters. The Labute approximate surface area is 122 Å². The molecule has 5 N–H and O–H groups in total. The maximum absolute atomic E-state index is 11.3. The van der Waals surface area contributed by atoms with Crippen LogP contribution in [0.4, 0.5) is 5.69 Å². The molecule has 0 aliphatic heterocycles. The molecule has 110 valence electrons. The van der Waals surface area contributed by atoms with Crippen LogP contribution in [-0.4, -0.2) is 34.0 Å². The van der Waals surface area contributed by atoms with Crippen LogP contribution >= 0.6 is 12.2 Å². The van der Waals surface area contributed by atoms with Crippen LogP contribution in [0.1, 0.15) is 25.0 Å². The van der Waals surface area contributed by atoms with E-state index < -0.39 is 18.2 Å². The van der Waals surface area contributed by atoms with Crippen molar-refractivity contribution in [1.29, 1.82) is 0 Å². The van der Waals surface area contributed by atoms with E-state index >= 15 is 0 Å². The zero-order valence-electron chi connectivity index (χ0n) is 11.1. The Morgan fingerprint density at radius 3 is 2.80 bits per heavy atom. The summed E-state index contributed by atoms with van der Waals surface area (Å²) in [6.07, 6.45) is -2.72. The van der Waals surface area contributed by atoms with Gasteiger partial charge < -0.3 is 26.0 Å². The Bertz CT molecular complexity index is 481. The van der Waals surface area contributed by atoms with Crippen molar-refractivity contribution in [2.45, 2.75) is 25.6 Å². The number of esters is 1. The van der Waals surface area contributed by atoms with Crippen LogP contribution in [0.3, 0.4) is 0 Å². The summed E-state index contributed by atoms with van der Waals surface area (Å²) in [7, 11) is 0. The van der Waals surface area contributed by atoms with Crippen LogP contribution in [0, 0.1) is 0 Å². The van der Waals surface area contributed by atoms with E-state index in [-0.39, 0.29) is 18.1 Å². The first-order valence-corrected chi connectivity index (χ1v) is 6.53. The average Bonchev–Trinajstić information content (AvgIpc) is 2.37. The molecule has 0 radical (unpaired) electrons. The number of rotatable bonds is 6. The number of carbonyl (C=O) groups excluding carboxylic acids is 1. The molecule has 0 aliphatic rings. The molecule has 20 heavy (non-hydrogen) atoms. The summed E-state index contributed by atoms with van der Waals surface area (Å²) < 4.78 is 4.72. The summed E-state index contributed by atoms with van der Waals surface area (Å²) >= 11 is 4.72. The van der Waals surface area contributed by atoms with Crippen LogP contribution in [-0.2, 0) is 9.53 Å². The fourth-order valence-corrected chi connectivity index (χ4v) is 1.78. The van der Waals surface area contributed by atoms with Gasteiger partial charge in [0.2, 0.25) is 0 Å². The van der Waals surface area contributed by atoms with Crippen molar-refractivity contribution in [1.82, 2.24) is 0 Å². The normalized spacial score (nSPS) is 13.3. The molecule has 1 aromatic carbocycles. The van der Waals surface area contributed by atoms with Crippen molar-refractivity contribution in [3.8, 4) is 0 Å². The highest BCUT2D eigenvalue weighted by atomic mass is 32.1. The van der Waals surface area contributed by atoms with E-state index in [9.17, 15) is 15.0 Å². The minimum absolute atomic E-state index is 0.101. The van der Waals surface area contributed by atoms with Crippen LogP contribution in [0.5, 0.6) is 0 Å². The third-order valence-electron chi connectivity index (χ3n) is 2.54. The SMILES string of the molecule is CCOC(=O)CC(O)C(O)c1cccc(NC(N)=S)c1. The molecule has 0 fully saturated rings. The quantitative estimate of drug-likeness (QED) is 0.452. The molecule has 1 aromatic rings. The van der Waals surface area contributed by atoms with Gasteiger partial charge in [0.05, 0.1) is 19.1 Å². The lowest BCUT2D eigenvalue weighted by Crippen LogP contribution is -2.23. The zero-order valence-corrected chi connectivity index (χ0v) is 11.9. The molecule has 7 heteroatoms. The van der Waals surface area contributed by atoms with Crippen molar-refractivity contribution in [3.05, 3.63) is 29.8 Å². The van der Waals surface area contributed by atoms with E-state index in [1.54, 1.807) is 31.2 Å². The molecular weight excluding hydrogens is 280 g/mol. The smallest absolute Gasteiger partial charge is 0.308 e. The highest BCUT2D eigenvalue weighted by Crippen LogP contribution is 2.22. The Kier molecular flexibility index (Phi) is 6.37. The topological polar surface area (TPSA) is 105 Å². The van der Waals surface area contributed by atoms with Crippen molar-refractivity contribution in [2.24, 2.45) is 5.73 Å². The molecule has 2 unspecified atom stereocenters. The third-order valence-corrected chi connectivity index (χ3v) is 2.64. The van der Waals surface area contributed by atoms with E-state index in [0.29, 0.717) is 11.3 Å². The van der Waals surface area contributed by atoms with Crippen molar-refractivity contribution < 1.29 is 19.7 Å². The Morgan fingerprint density at radius 2 is 2.20 bits per heavy atom. The maximum atomic E-state index is 11.3. The Balaban J connectivity index is 2.73. The van der Waals surface area contributed by atoms with E-state index in [0.717, 1.165) is 0 Å². The lowest BCUT2D eigenvalue weighted by Gasteiger charge is -2.18. The number of hydrogen-bond acceptors (Lipinski definition) is 5. The third kappa shape index (κ3) is 5.12. The molecule has 0 aromatic heterocycles. The predicted molar refractivity (Wildman–Crippen MR) is 79.1 cm³/mol. The van der Waals surface area contributed by atoms with Gasteiger partial charge >= 0.3 is 5.97 Å². The standard InChI is InChI=1S/C13H18N2O4S/c1-2-19-11(17)7-10(16)12(18)8-4-3-5-9(6-8)15-13(14)20/h3-6,10,12,16,18H,2,7H2,1H3,(H3,14,15,20). The molecule has 0 spiro atoms. The van der Waals surface area contributed by atoms with Gasteiger partial charge in [0.1, 0.15) is 6.10 Å². The van der Waals surface area contributed by atoms with Crippen LogP contribution in [0.2, 0.25) is 0 Å². The maximum Gasteiger partial charge on any atom is 0.308 e. The molecule has 0 bridgehead atoms. The van der Waals surface area contributed by atoms with Gasteiger partial charge in [-0.15, -0.1) is 0 Å². The predicted octanol–water partition coefficient (Wildman–Crippen LogP) is 0.690. The largest absolute Gasteiger partial charge is 0.466 e. The lowest BCUT2D eigenvalue weighted by molar-refractivity contribution is -0.147. The van der Waals surface area contributed by atoms with E-state index in [1.165, 1.54) is 0 Å². The number of nitrogens with one attached hydrogen (secondary N) is 1. The number of aliphatic hydroxyl groups excluding tert-OH is 2. The molecule has 0 amide bonds. The molecule has 0 saturated heterocycles. The summed E-state index contributed by atoms with van der Waals surface area (Å²) in [4.78, 5) is 11.3. The summed E-state index contributed by atoms with van der Waals surface area (Å²) in [5, 5.41) is 22.7. The summed E-state index contributed by atoms with van der Waals surface area (Å²) in [6.45, 7) is 1.90. The number of hydrogen-bond donors (Lipinski definition) is 4. The monoisotopic (exact) mass is 298 g/mol. The van der Waals surface area contributed by atoms with Gasteiger partial charge in [-0.25, -0.2) is 0 Å². The molecule has 6 nitrogen and oxygen atoms in total. The molecular formula is C13H18N2O4S. The van der Waals surface area contributed by atoms with E-state index in [1.807, 2.05) is 0 Å². The van der Waals surface area contributed by atoms with Gasteiger partial charge in [-0.05, 0) is 36.8 Å². The number of nitrogens with two attached hydrogens (primary N) is 1. The average molecular weight is 298 g/mol. The van der Waals surface area contributed by atoms with Gasteiger partial charge in [-0.1, -0.05) is 12.1 Å². The second-order valence-corrected chi connectivity index (χ2v) is 4.58. The summed E-state index contributed by atoms with van der Waals surface area (Å²) in [5.74, 6) is -0.559. The number of benzene rings is 1. The van der Waals surface area contributed by atoms with Crippen LogP contribution in [0.15, 0.2) is 24.3 Å². The number of aliphatic hydroxyl groups is 2. The second kappa shape index (κ2) is 7.78. The summed E-state index contributed by atoms with van der Waals surface area (Å²) in [5.41, 5.74) is 6.40. The van der Waals surface area contributed by atoms with Crippen molar-refractivity contribution >= 4 is 29.0 Å². The van der Waals surface area contributed by atoms with Gasteiger partial charge in [-0.2, -0.15) is 0 Å². The first-order chi connectivity index (χ1) is 9.43. The Hall–Kier alpha value is -1.70. The van der Waals surface area contributed by atoms with Crippen LogP contribution < -0.4 is 11.1 Å².